The lowest BCUT2D eigenvalue weighted by Gasteiger charge is -2.40. The van der Waals surface area contributed by atoms with Gasteiger partial charge in [0.1, 0.15) is 0 Å². The molecule has 1 N–H and O–H groups in total. The third-order valence-corrected chi connectivity index (χ3v) is 4.31. The molecule has 2 rings (SSSR count). The van der Waals surface area contributed by atoms with Gasteiger partial charge in [-0.15, -0.1) is 0 Å². The number of amides is 1. The highest BCUT2D eigenvalue weighted by molar-refractivity contribution is 5.83. The first-order chi connectivity index (χ1) is 8.04. The average Bonchev–Trinajstić information content (AvgIpc) is 2.65. The molecule has 1 atom stereocenters. The van der Waals surface area contributed by atoms with Crippen molar-refractivity contribution >= 4 is 5.91 Å². The molecule has 4 heteroatoms. The van der Waals surface area contributed by atoms with Crippen molar-refractivity contribution in [2.24, 2.45) is 5.41 Å². The van der Waals surface area contributed by atoms with Gasteiger partial charge >= 0.3 is 0 Å². The standard InChI is InChI=1S/C13H25N3O/c1-4-11-12(17)16(10-14-11)9-13(2)5-7-15(3)8-6-13/h11,14H,4-10H2,1-3H3. The predicted molar refractivity (Wildman–Crippen MR) is 68.6 cm³/mol. The first-order valence-corrected chi connectivity index (χ1v) is 6.75. The quantitative estimate of drug-likeness (QED) is 0.794. The lowest BCUT2D eigenvalue weighted by molar-refractivity contribution is -0.130. The molecule has 2 saturated heterocycles. The highest BCUT2D eigenvalue weighted by Gasteiger charge is 2.36. The fourth-order valence-electron chi connectivity index (χ4n) is 2.84. The minimum absolute atomic E-state index is 0.0601. The molecule has 1 amide bonds. The summed E-state index contributed by atoms with van der Waals surface area (Å²) < 4.78 is 0. The van der Waals surface area contributed by atoms with Crippen LogP contribution in [0.5, 0.6) is 0 Å². The van der Waals surface area contributed by atoms with E-state index in [0.717, 1.165) is 32.7 Å². The Kier molecular flexibility index (Phi) is 3.73. The molecule has 0 aromatic heterocycles. The van der Waals surface area contributed by atoms with Gasteiger partial charge in [-0.3, -0.25) is 10.1 Å². The molecule has 4 nitrogen and oxygen atoms in total. The fourth-order valence-corrected chi connectivity index (χ4v) is 2.84. The van der Waals surface area contributed by atoms with Crippen molar-refractivity contribution in [2.45, 2.75) is 39.2 Å². The Morgan fingerprint density at radius 2 is 2.06 bits per heavy atom. The molecule has 0 aliphatic carbocycles. The maximum atomic E-state index is 12.1. The number of carbonyl (C=O) groups is 1. The van der Waals surface area contributed by atoms with Crippen LogP contribution in [0.2, 0.25) is 0 Å². The Labute approximate surface area is 104 Å². The van der Waals surface area contributed by atoms with Gasteiger partial charge in [-0.2, -0.15) is 0 Å². The molecular weight excluding hydrogens is 214 g/mol. The number of rotatable bonds is 3. The molecule has 0 bridgehead atoms. The summed E-state index contributed by atoms with van der Waals surface area (Å²) in [5.74, 6) is 0.299. The lowest BCUT2D eigenvalue weighted by atomic mass is 9.80. The number of piperidine rings is 1. The highest BCUT2D eigenvalue weighted by Crippen LogP contribution is 2.32. The van der Waals surface area contributed by atoms with Crippen molar-refractivity contribution in [1.82, 2.24) is 15.1 Å². The minimum Gasteiger partial charge on any atom is -0.328 e. The number of nitrogens with zero attached hydrogens (tertiary/aromatic N) is 2. The number of hydrogen-bond acceptors (Lipinski definition) is 3. The van der Waals surface area contributed by atoms with E-state index in [1.807, 2.05) is 4.90 Å². The number of likely N-dealkylation sites (tertiary alicyclic amines) is 1. The summed E-state index contributed by atoms with van der Waals surface area (Å²) in [5, 5.41) is 3.29. The summed E-state index contributed by atoms with van der Waals surface area (Å²) in [7, 11) is 2.18. The third-order valence-electron chi connectivity index (χ3n) is 4.31. The maximum Gasteiger partial charge on any atom is 0.240 e. The zero-order chi connectivity index (χ0) is 12.5. The van der Waals surface area contributed by atoms with Crippen LogP contribution in [0.1, 0.15) is 33.1 Å². The first-order valence-electron chi connectivity index (χ1n) is 6.75. The molecule has 0 aromatic rings. The molecule has 2 aliphatic rings. The van der Waals surface area contributed by atoms with Gasteiger partial charge in [0, 0.05) is 6.54 Å². The Bertz CT molecular complexity index is 284. The molecule has 17 heavy (non-hydrogen) atoms. The van der Waals surface area contributed by atoms with Gasteiger partial charge in [-0.1, -0.05) is 13.8 Å². The summed E-state index contributed by atoms with van der Waals surface area (Å²) in [5.41, 5.74) is 0.312. The second kappa shape index (κ2) is 4.94. The van der Waals surface area contributed by atoms with E-state index < -0.39 is 0 Å². The number of hydrogen-bond donors (Lipinski definition) is 1. The molecule has 0 saturated carbocycles. The largest absolute Gasteiger partial charge is 0.328 e. The zero-order valence-corrected chi connectivity index (χ0v) is 11.3. The van der Waals surface area contributed by atoms with Crippen LogP contribution in [-0.4, -0.2) is 55.1 Å². The smallest absolute Gasteiger partial charge is 0.240 e. The van der Waals surface area contributed by atoms with Gasteiger partial charge in [0.25, 0.3) is 0 Å². The molecule has 2 fully saturated rings. The van der Waals surface area contributed by atoms with E-state index in [1.54, 1.807) is 0 Å². The summed E-state index contributed by atoms with van der Waals surface area (Å²) in [4.78, 5) is 16.5. The normalized spacial score (nSPS) is 29.9. The topological polar surface area (TPSA) is 35.6 Å². The average molecular weight is 239 g/mol. The van der Waals surface area contributed by atoms with Gasteiger partial charge in [0.2, 0.25) is 5.91 Å². The van der Waals surface area contributed by atoms with Gasteiger partial charge < -0.3 is 9.80 Å². The van der Waals surface area contributed by atoms with Crippen LogP contribution in [-0.2, 0) is 4.79 Å². The van der Waals surface area contributed by atoms with Gasteiger partial charge in [0.15, 0.2) is 0 Å². The third kappa shape index (κ3) is 2.80. The number of nitrogens with one attached hydrogen (secondary N) is 1. The Balaban J connectivity index is 1.91. The summed E-state index contributed by atoms with van der Waals surface area (Å²) in [6, 6.07) is 0.0601. The first kappa shape index (κ1) is 12.8. The monoisotopic (exact) mass is 239 g/mol. The van der Waals surface area contributed by atoms with Crippen molar-refractivity contribution in [2.75, 3.05) is 33.4 Å². The van der Waals surface area contributed by atoms with Crippen molar-refractivity contribution in [1.29, 1.82) is 0 Å². The van der Waals surface area contributed by atoms with Crippen LogP contribution in [0.3, 0.4) is 0 Å². The van der Waals surface area contributed by atoms with Crippen LogP contribution in [0.4, 0.5) is 0 Å². The fraction of sp³-hybridized carbons (Fsp3) is 0.923. The van der Waals surface area contributed by atoms with E-state index in [0.29, 0.717) is 11.3 Å². The second-order valence-corrected chi connectivity index (χ2v) is 5.97. The molecule has 2 aliphatic heterocycles. The highest BCUT2D eigenvalue weighted by atomic mass is 16.2. The molecule has 1 unspecified atom stereocenters. The Morgan fingerprint density at radius 1 is 1.41 bits per heavy atom. The SMILES string of the molecule is CCC1NCN(CC2(C)CCN(C)CC2)C1=O. The van der Waals surface area contributed by atoms with E-state index in [2.05, 4.69) is 31.1 Å². The van der Waals surface area contributed by atoms with Gasteiger partial charge in [0.05, 0.1) is 12.7 Å². The van der Waals surface area contributed by atoms with Crippen molar-refractivity contribution in [3.63, 3.8) is 0 Å². The van der Waals surface area contributed by atoms with Gasteiger partial charge in [-0.25, -0.2) is 0 Å². The van der Waals surface area contributed by atoms with Crippen molar-refractivity contribution < 1.29 is 4.79 Å². The van der Waals surface area contributed by atoms with Crippen LogP contribution < -0.4 is 5.32 Å². The minimum atomic E-state index is 0.0601. The molecule has 0 spiro atoms. The van der Waals surface area contributed by atoms with E-state index >= 15 is 0 Å². The summed E-state index contributed by atoms with van der Waals surface area (Å²) >= 11 is 0. The predicted octanol–water partition coefficient (Wildman–Crippen LogP) is 0.886. The molecule has 2 heterocycles. The van der Waals surface area contributed by atoms with Gasteiger partial charge in [-0.05, 0) is 44.8 Å². The Hall–Kier alpha value is -0.610. The van der Waals surface area contributed by atoms with Crippen molar-refractivity contribution in [3.05, 3.63) is 0 Å². The zero-order valence-electron chi connectivity index (χ0n) is 11.3. The van der Waals surface area contributed by atoms with Crippen LogP contribution in [0, 0.1) is 5.41 Å². The van der Waals surface area contributed by atoms with Crippen molar-refractivity contribution in [3.8, 4) is 0 Å². The maximum absolute atomic E-state index is 12.1. The molecular formula is C13H25N3O. The van der Waals surface area contributed by atoms with E-state index in [4.69, 9.17) is 0 Å². The van der Waals surface area contributed by atoms with Crippen LogP contribution in [0.25, 0.3) is 0 Å². The molecule has 98 valence electrons. The summed E-state index contributed by atoms with van der Waals surface area (Å²) in [6.45, 7) is 8.36. The lowest BCUT2D eigenvalue weighted by Crippen LogP contribution is -2.44. The van der Waals surface area contributed by atoms with Crippen LogP contribution in [0.15, 0.2) is 0 Å². The molecule has 0 aromatic carbocycles. The molecule has 0 radical (unpaired) electrons. The summed E-state index contributed by atoms with van der Waals surface area (Å²) in [6.07, 6.45) is 3.29. The van der Waals surface area contributed by atoms with Crippen LogP contribution >= 0.6 is 0 Å². The van der Waals surface area contributed by atoms with E-state index in [1.165, 1.54) is 12.8 Å². The van der Waals surface area contributed by atoms with E-state index in [9.17, 15) is 4.79 Å². The van der Waals surface area contributed by atoms with E-state index in [-0.39, 0.29) is 6.04 Å². The second-order valence-electron chi connectivity index (χ2n) is 5.97. The Morgan fingerprint density at radius 3 is 2.59 bits per heavy atom. The number of carbonyl (C=O) groups excluding carboxylic acids is 1.